The lowest BCUT2D eigenvalue weighted by atomic mass is 10.1. The molecule has 0 bridgehead atoms. The van der Waals surface area contributed by atoms with E-state index in [1.807, 2.05) is 32.0 Å². The first-order valence-corrected chi connectivity index (χ1v) is 7.04. The number of hydrogen-bond acceptors (Lipinski definition) is 2. The molecule has 0 heterocycles. The Morgan fingerprint density at radius 1 is 0.957 bits per heavy atom. The Morgan fingerprint density at radius 3 is 2.13 bits per heavy atom. The highest BCUT2D eigenvalue weighted by atomic mass is 19.4. The van der Waals surface area contributed by atoms with E-state index in [0.29, 0.717) is 5.69 Å². The van der Waals surface area contributed by atoms with Crippen LogP contribution in [0.3, 0.4) is 0 Å². The average Bonchev–Trinajstić information content (AvgIpc) is 2.48. The number of halogens is 3. The molecule has 2 N–H and O–H groups in total. The number of carbonyl (C=O) groups excluding carboxylic acids is 1. The lowest BCUT2D eigenvalue weighted by Gasteiger charge is -2.10. The zero-order chi connectivity index (χ0) is 17.0. The summed E-state index contributed by atoms with van der Waals surface area (Å²) in [5.41, 5.74) is 2.66. The Balaban J connectivity index is 1.90. The third-order valence-corrected chi connectivity index (χ3v) is 3.46. The molecule has 0 radical (unpaired) electrons. The van der Waals surface area contributed by atoms with Crippen molar-refractivity contribution in [3.05, 3.63) is 59.2 Å². The number of amides is 1. The number of nitrogens with one attached hydrogen (secondary N) is 2. The average molecular weight is 322 g/mol. The third kappa shape index (κ3) is 4.74. The van der Waals surface area contributed by atoms with Crippen molar-refractivity contribution in [2.24, 2.45) is 0 Å². The zero-order valence-corrected chi connectivity index (χ0v) is 12.8. The largest absolute Gasteiger partial charge is 0.416 e. The van der Waals surface area contributed by atoms with Gasteiger partial charge in [0, 0.05) is 11.4 Å². The van der Waals surface area contributed by atoms with E-state index in [0.717, 1.165) is 28.9 Å². The number of hydrogen-bond donors (Lipinski definition) is 2. The molecule has 0 aliphatic carbocycles. The Kier molecular flexibility index (Phi) is 4.93. The molecule has 0 spiro atoms. The number of alkyl halides is 3. The molecule has 0 atom stereocenters. The minimum atomic E-state index is -4.38. The van der Waals surface area contributed by atoms with Gasteiger partial charge in [-0.05, 0) is 61.4 Å². The van der Waals surface area contributed by atoms with E-state index in [9.17, 15) is 18.0 Å². The second-order valence-electron chi connectivity index (χ2n) is 5.28. The summed E-state index contributed by atoms with van der Waals surface area (Å²) in [6.07, 6.45) is -4.38. The van der Waals surface area contributed by atoms with Gasteiger partial charge in [-0.2, -0.15) is 13.2 Å². The van der Waals surface area contributed by atoms with Crippen LogP contribution >= 0.6 is 0 Å². The van der Waals surface area contributed by atoms with Gasteiger partial charge in [0.05, 0.1) is 12.1 Å². The quantitative estimate of drug-likeness (QED) is 0.877. The van der Waals surface area contributed by atoms with Crippen molar-refractivity contribution in [3.63, 3.8) is 0 Å². The minimum Gasteiger partial charge on any atom is -0.376 e. The maximum absolute atomic E-state index is 12.5. The molecule has 122 valence electrons. The van der Waals surface area contributed by atoms with Gasteiger partial charge in [0.25, 0.3) is 0 Å². The normalized spacial score (nSPS) is 11.2. The van der Waals surface area contributed by atoms with Gasteiger partial charge in [0.15, 0.2) is 0 Å². The van der Waals surface area contributed by atoms with E-state index in [4.69, 9.17) is 0 Å². The number of carbonyl (C=O) groups is 1. The molecule has 0 fully saturated rings. The summed E-state index contributed by atoms with van der Waals surface area (Å²) < 4.78 is 37.4. The van der Waals surface area contributed by atoms with Gasteiger partial charge in [-0.15, -0.1) is 0 Å². The van der Waals surface area contributed by atoms with Gasteiger partial charge in [-0.1, -0.05) is 6.07 Å². The zero-order valence-electron chi connectivity index (χ0n) is 12.8. The van der Waals surface area contributed by atoms with E-state index in [-0.39, 0.29) is 12.5 Å². The first-order chi connectivity index (χ1) is 10.8. The molecule has 6 heteroatoms. The summed E-state index contributed by atoms with van der Waals surface area (Å²) in [7, 11) is 0. The van der Waals surface area contributed by atoms with E-state index in [1.165, 1.54) is 12.1 Å². The molecular weight excluding hydrogens is 305 g/mol. The smallest absolute Gasteiger partial charge is 0.376 e. The molecule has 0 saturated carbocycles. The topological polar surface area (TPSA) is 41.1 Å². The summed E-state index contributed by atoms with van der Waals surface area (Å²) in [6.45, 7) is 4.00. The molecule has 0 unspecified atom stereocenters. The predicted octanol–water partition coefficient (Wildman–Crippen LogP) is 4.37. The Hall–Kier alpha value is -2.50. The van der Waals surface area contributed by atoms with Gasteiger partial charge in [0.1, 0.15) is 0 Å². The second kappa shape index (κ2) is 6.73. The number of anilines is 2. The molecule has 1 amide bonds. The van der Waals surface area contributed by atoms with E-state index in [1.54, 1.807) is 0 Å². The summed E-state index contributed by atoms with van der Waals surface area (Å²) in [4.78, 5) is 11.8. The fourth-order valence-electron chi connectivity index (χ4n) is 1.98. The summed E-state index contributed by atoms with van der Waals surface area (Å²) in [6, 6.07) is 10.1. The first-order valence-electron chi connectivity index (χ1n) is 7.04. The van der Waals surface area contributed by atoms with Crippen molar-refractivity contribution in [2.75, 3.05) is 17.2 Å². The Labute approximate surface area is 132 Å². The van der Waals surface area contributed by atoms with Gasteiger partial charge in [0.2, 0.25) is 5.91 Å². The maximum Gasteiger partial charge on any atom is 0.416 e. The van der Waals surface area contributed by atoms with Crippen molar-refractivity contribution in [2.45, 2.75) is 20.0 Å². The molecule has 0 aromatic heterocycles. The molecular formula is C17H17F3N2O. The predicted molar refractivity (Wildman–Crippen MR) is 84.5 cm³/mol. The fraction of sp³-hybridized carbons (Fsp3) is 0.235. The molecule has 23 heavy (non-hydrogen) atoms. The van der Waals surface area contributed by atoms with Crippen LogP contribution in [0.25, 0.3) is 0 Å². The van der Waals surface area contributed by atoms with E-state index in [2.05, 4.69) is 10.6 Å². The highest BCUT2D eigenvalue weighted by Gasteiger charge is 2.29. The lowest BCUT2D eigenvalue weighted by molar-refractivity contribution is -0.137. The molecule has 2 aromatic rings. The molecule has 3 nitrogen and oxygen atoms in total. The monoisotopic (exact) mass is 322 g/mol. The van der Waals surface area contributed by atoms with Crippen LogP contribution < -0.4 is 10.6 Å². The standard InChI is InChI=1S/C17H17F3N2O/c1-11-3-6-15(9-12(11)2)21-10-16(23)22-14-7-4-13(5-8-14)17(18,19)20/h3-9,21H,10H2,1-2H3,(H,22,23). The number of benzene rings is 2. The van der Waals surface area contributed by atoms with Gasteiger partial charge < -0.3 is 10.6 Å². The fourth-order valence-corrected chi connectivity index (χ4v) is 1.98. The van der Waals surface area contributed by atoms with Crippen LogP contribution in [-0.2, 0) is 11.0 Å². The van der Waals surface area contributed by atoms with Crippen LogP contribution in [0, 0.1) is 13.8 Å². The van der Waals surface area contributed by atoms with Crippen molar-refractivity contribution < 1.29 is 18.0 Å². The first kappa shape index (κ1) is 16.9. The Morgan fingerprint density at radius 2 is 1.57 bits per heavy atom. The van der Waals surface area contributed by atoms with Crippen LogP contribution in [0.1, 0.15) is 16.7 Å². The van der Waals surface area contributed by atoms with Crippen molar-refractivity contribution in [1.29, 1.82) is 0 Å². The second-order valence-corrected chi connectivity index (χ2v) is 5.28. The van der Waals surface area contributed by atoms with Crippen LogP contribution in [0.15, 0.2) is 42.5 Å². The van der Waals surface area contributed by atoms with Gasteiger partial charge >= 0.3 is 6.18 Å². The number of aryl methyl sites for hydroxylation is 2. The molecule has 2 rings (SSSR count). The molecule has 0 aliphatic heterocycles. The minimum absolute atomic E-state index is 0.0313. The van der Waals surface area contributed by atoms with Gasteiger partial charge in [-0.3, -0.25) is 4.79 Å². The maximum atomic E-state index is 12.5. The van der Waals surface area contributed by atoms with Crippen LogP contribution in [-0.4, -0.2) is 12.5 Å². The lowest BCUT2D eigenvalue weighted by Crippen LogP contribution is -2.21. The van der Waals surface area contributed by atoms with Gasteiger partial charge in [-0.25, -0.2) is 0 Å². The van der Waals surface area contributed by atoms with Crippen LogP contribution in [0.4, 0.5) is 24.5 Å². The molecule has 0 saturated heterocycles. The summed E-state index contributed by atoms with van der Waals surface area (Å²) in [5, 5.41) is 5.52. The summed E-state index contributed by atoms with van der Waals surface area (Å²) >= 11 is 0. The Bertz CT molecular complexity index is 694. The van der Waals surface area contributed by atoms with E-state index < -0.39 is 11.7 Å². The van der Waals surface area contributed by atoms with Crippen molar-refractivity contribution in [3.8, 4) is 0 Å². The van der Waals surface area contributed by atoms with E-state index >= 15 is 0 Å². The highest BCUT2D eigenvalue weighted by molar-refractivity contribution is 5.93. The van der Waals surface area contributed by atoms with Crippen LogP contribution in [0.2, 0.25) is 0 Å². The third-order valence-electron chi connectivity index (χ3n) is 3.46. The molecule has 0 aliphatic rings. The molecule has 2 aromatic carbocycles. The number of rotatable bonds is 4. The van der Waals surface area contributed by atoms with Crippen molar-refractivity contribution >= 4 is 17.3 Å². The summed E-state index contributed by atoms with van der Waals surface area (Å²) in [5.74, 6) is -0.331. The highest BCUT2D eigenvalue weighted by Crippen LogP contribution is 2.29. The van der Waals surface area contributed by atoms with Crippen LogP contribution in [0.5, 0.6) is 0 Å². The SMILES string of the molecule is Cc1ccc(NCC(=O)Nc2ccc(C(F)(F)F)cc2)cc1C. The van der Waals surface area contributed by atoms with Crippen molar-refractivity contribution in [1.82, 2.24) is 0 Å².